The van der Waals surface area contributed by atoms with Gasteiger partial charge in [-0.3, -0.25) is 14.4 Å². The third-order valence-electron chi connectivity index (χ3n) is 11.9. The molecule has 0 spiro atoms. The zero-order chi connectivity index (χ0) is 44.4. The van der Waals surface area contributed by atoms with Crippen LogP contribution in [0.25, 0.3) is 0 Å². The molecule has 0 amide bonds. The Hall–Kier alpha value is -2.11. The van der Waals surface area contributed by atoms with E-state index in [1.807, 2.05) is 0 Å². The maximum absolute atomic E-state index is 12.8. The zero-order valence-corrected chi connectivity index (χ0v) is 40.9. The van der Waals surface area contributed by atoms with E-state index in [-0.39, 0.29) is 31.1 Å². The summed E-state index contributed by atoms with van der Waals surface area (Å²) >= 11 is 0. The summed E-state index contributed by atoms with van der Waals surface area (Å²) in [6, 6.07) is 0. The largest absolute Gasteiger partial charge is 0.462 e. The molecule has 0 heterocycles. The molecule has 0 aromatic carbocycles. The molecule has 0 saturated heterocycles. The summed E-state index contributed by atoms with van der Waals surface area (Å²) in [5, 5.41) is 0. The maximum Gasteiger partial charge on any atom is 0.306 e. The van der Waals surface area contributed by atoms with Crippen molar-refractivity contribution in [2.75, 3.05) is 13.2 Å². The minimum atomic E-state index is -0.774. The first kappa shape index (κ1) is 58.9. The summed E-state index contributed by atoms with van der Waals surface area (Å²) in [5.41, 5.74) is 0. The van der Waals surface area contributed by atoms with Gasteiger partial charge in [0.2, 0.25) is 0 Å². The highest BCUT2D eigenvalue weighted by Crippen LogP contribution is 2.15. The van der Waals surface area contributed by atoms with E-state index in [4.69, 9.17) is 14.2 Å². The van der Waals surface area contributed by atoms with Crippen molar-refractivity contribution < 1.29 is 28.6 Å². The van der Waals surface area contributed by atoms with Gasteiger partial charge in [-0.25, -0.2) is 0 Å². The lowest BCUT2D eigenvalue weighted by Gasteiger charge is -2.18. The van der Waals surface area contributed by atoms with Crippen LogP contribution in [0.2, 0.25) is 0 Å². The Balaban J connectivity index is 4.37. The molecule has 0 fully saturated rings. The van der Waals surface area contributed by atoms with Gasteiger partial charge in [0, 0.05) is 19.3 Å². The Morgan fingerprint density at radius 2 is 0.541 bits per heavy atom. The topological polar surface area (TPSA) is 78.9 Å². The van der Waals surface area contributed by atoms with Crippen LogP contribution in [0.15, 0.2) is 24.3 Å². The SMILES string of the molecule is CCCCCCCCCCCCCCCC(=O)OCC(CO[13C](=O)[13CH2][13CH2][13CH2][13CH2][13CH2][13CH2][13CH2]/[13CH]=[13CH]\[13CH2][13CH2][13CH2][13CH2][13CH2][13CH2][13CH2][13CH3])O[13C](=O)[13CH2][13CH2][13CH2][13CH2][13CH2][13CH2][13CH2]/[13CH]=[13CH]\[13CH2][13CH2][13CH2][13CH2][13CH2][13CH2][13CH2][13CH3]. The molecule has 358 valence electrons. The van der Waals surface area contributed by atoms with E-state index in [0.717, 1.165) is 70.6 Å². The van der Waals surface area contributed by atoms with Crippen LogP contribution in [0.1, 0.15) is 290 Å². The molecule has 61 heavy (non-hydrogen) atoms. The van der Waals surface area contributed by atoms with Crippen LogP contribution in [0, 0.1) is 0 Å². The van der Waals surface area contributed by atoms with Gasteiger partial charge in [0.1, 0.15) is 13.2 Å². The predicted molar refractivity (Wildman–Crippen MR) is 261 cm³/mol. The minimum absolute atomic E-state index is 0.0733. The zero-order valence-electron chi connectivity index (χ0n) is 40.9. The number of hydrogen-bond donors (Lipinski definition) is 0. The van der Waals surface area contributed by atoms with E-state index in [9.17, 15) is 14.4 Å². The maximum atomic E-state index is 12.8. The number of carbonyl (C=O) groups is 3. The Kier molecular flexibility index (Phi) is 48.8. The number of hydrogen-bond acceptors (Lipinski definition) is 6. The van der Waals surface area contributed by atoms with Crippen molar-refractivity contribution in [3.8, 4) is 0 Å². The number of rotatable bonds is 49. The fraction of sp³-hybridized carbons (Fsp3) is 0.873. The predicted octanol–water partition coefficient (Wildman–Crippen LogP) is 17.5. The molecular weight excluding hydrogens is 792 g/mol. The van der Waals surface area contributed by atoms with Gasteiger partial charge in [0.15, 0.2) is 6.10 Å². The monoisotopic (exact) mass is 895 g/mol. The van der Waals surface area contributed by atoms with E-state index in [1.54, 1.807) is 0 Å². The highest BCUT2D eigenvalue weighted by atomic mass is 16.7. The molecule has 0 N–H and O–H groups in total. The molecule has 1 unspecified atom stereocenters. The van der Waals surface area contributed by atoms with Crippen molar-refractivity contribution in [1.82, 2.24) is 0 Å². The number of ether oxygens (including phenoxy) is 3. The van der Waals surface area contributed by atoms with Crippen molar-refractivity contribution in [1.29, 1.82) is 0 Å². The van der Waals surface area contributed by atoms with Crippen LogP contribution in [0.3, 0.4) is 0 Å². The second-order valence-electron chi connectivity index (χ2n) is 18.1. The van der Waals surface area contributed by atoms with Gasteiger partial charge in [-0.05, 0) is 70.6 Å². The lowest BCUT2D eigenvalue weighted by molar-refractivity contribution is -0.167. The van der Waals surface area contributed by atoms with Crippen molar-refractivity contribution >= 4 is 17.9 Å². The number of carbonyl (C=O) groups excluding carboxylic acids is 3. The van der Waals surface area contributed by atoms with Crippen molar-refractivity contribution in [3.05, 3.63) is 24.3 Å². The molecule has 0 rings (SSSR count). The lowest BCUT2D eigenvalue weighted by atomic mass is 10.0. The standard InChI is InChI=1S/C55H102O6/c1-4-7-10-13-16-19-22-25-27-30-33-36-39-42-45-48-54(57)60-51-52(50-59-53(56)47-44-41-38-35-32-29-24-21-18-15-12-9-6-3)61-55(58)49-46-43-40-37-34-31-28-26-23-20-17-14-11-8-5-2/h25-28,52H,4-24,29-51H2,1-3H3/b27-25-,28-26-/i1+1,2+1,4+1,5+1,7+1,8+1,10+1,11+1,13+1,14+1,16+1,17+1,19+1,20+1,22+1,23+1,25+1,26+1,27+1,28+1,30+1,31+1,33+1,34+1,36+1,37+1,39+1,40+1,42+1,43+1,45+1,46+1,48+1,49+1,54+1,55+1. The van der Waals surface area contributed by atoms with Crippen LogP contribution in [-0.4, -0.2) is 37.2 Å². The number of unbranched alkanes of at least 4 members (excludes halogenated alkanes) is 34. The molecule has 6 heteroatoms. The van der Waals surface area contributed by atoms with Gasteiger partial charge in [-0.1, -0.05) is 225 Å². The van der Waals surface area contributed by atoms with E-state index in [0.29, 0.717) is 19.3 Å². The van der Waals surface area contributed by atoms with Crippen molar-refractivity contribution in [2.45, 2.75) is 297 Å². The number of esters is 3. The molecule has 0 radical (unpaired) electrons. The van der Waals surface area contributed by atoms with Gasteiger partial charge >= 0.3 is 17.9 Å². The fourth-order valence-corrected chi connectivity index (χ4v) is 7.84. The van der Waals surface area contributed by atoms with E-state index in [2.05, 4.69) is 45.1 Å². The van der Waals surface area contributed by atoms with Crippen molar-refractivity contribution in [2.24, 2.45) is 0 Å². The molecule has 6 nitrogen and oxygen atoms in total. The fourth-order valence-electron chi connectivity index (χ4n) is 7.84. The second kappa shape index (κ2) is 50.5. The summed E-state index contributed by atoms with van der Waals surface area (Å²) in [4.78, 5) is 38.0. The van der Waals surface area contributed by atoms with E-state index < -0.39 is 6.10 Å². The third-order valence-corrected chi connectivity index (χ3v) is 11.9. The van der Waals surface area contributed by atoms with E-state index >= 15 is 0 Å². The third kappa shape index (κ3) is 48.8. The summed E-state index contributed by atoms with van der Waals surface area (Å²) < 4.78 is 16.8. The van der Waals surface area contributed by atoms with Gasteiger partial charge in [-0.15, -0.1) is 0 Å². The second-order valence-corrected chi connectivity index (χ2v) is 18.1. The summed E-state index contributed by atoms with van der Waals surface area (Å²) in [6.07, 6.45) is 57.3. The van der Waals surface area contributed by atoms with Gasteiger partial charge < -0.3 is 14.2 Å². The minimum Gasteiger partial charge on any atom is -0.462 e. The van der Waals surface area contributed by atoms with Crippen LogP contribution in [0.4, 0.5) is 0 Å². The average Bonchev–Trinajstić information content (AvgIpc) is 3.26. The first-order valence-corrected chi connectivity index (χ1v) is 26.8. The Morgan fingerprint density at radius 1 is 0.311 bits per heavy atom. The number of allylic oxidation sites excluding steroid dienone is 4. The lowest BCUT2D eigenvalue weighted by Crippen LogP contribution is -2.30. The highest BCUT2D eigenvalue weighted by molar-refractivity contribution is 5.71. The van der Waals surface area contributed by atoms with Crippen LogP contribution >= 0.6 is 0 Å². The summed E-state index contributed by atoms with van der Waals surface area (Å²) in [6.45, 7) is 6.64. The highest BCUT2D eigenvalue weighted by Gasteiger charge is 2.19. The molecule has 0 aliphatic heterocycles. The summed E-state index contributed by atoms with van der Waals surface area (Å²) in [7, 11) is 0. The van der Waals surface area contributed by atoms with Gasteiger partial charge in [0.25, 0.3) is 0 Å². The Morgan fingerprint density at radius 3 is 0.820 bits per heavy atom. The van der Waals surface area contributed by atoms with Crippen LogP contribution in [-0.2, 0) is 28.6 Å². The van der Waals surface area contributed by atoms with Gasteiger partial charge in [0.05, 0.1) is 0 Å². The first-order chi connectivity index (χ1) is 30.0. The summed E-state index contributed by atoms with van der Waals surface area (Å²) in [5.74, 6) is -0.876. The molecule has 0 bridgehead atoms. The average molecular weight is 895 g/mol. The normalized spacial score (nSPS) is 12.1. The van der Waals surface area contributed by atoms with Crippen LogP contribution in [0.5, 0.6) is 0 Å². The molecule has 0 aliphatic carbocycles. The molecular formula is C55H102O6. The van der Waals surface area contributed by atoms with Gasteiger partial charge in [-0.2, -0.15) is 0 Å². The Labute approximate surface area is 379 Å². The molecule has 1 atom stereocenters. The van der Waals surface area contributed by atoms with Crippen LogP contribution < -0.4 is 0 Å². The van der Waals surface area contributed by atoms with E-state index in [1.165, 1.54) is 180 Å². The molecule has 0 aromatic heterocycles. The smallest absolute Gasteiger partial charge is 0.306 e. The van der Waals surface area contributed by atoms with Crippen molar-refractivity contribution in [3.63, 3.8) is 0 Å². The Bertz CT molecular complexity index is 989. The first-order valence-electron chi connectivity index (χ1n) is 26.8. The quantitative estimate of drug-likeness (QED) is 0.0199. The molecule has 0 saturated carbocycles. The molecule has 0 aromatic rings. The molecule has 0 aliphatic rings.